The van der Waals surface area contributed by atoms with Crippen molar-refractivity contribution in [3.63, 3.8) is 0 Å². The molecule has 1 aromatic heterocycles. The maximum atomic E-state index is 14.3. The summed E-state index contributed by atoms with van der Waals surface area (Å²) in [5, 5.41) is 34.9. The van der Waals surface area contributed by atoms with Crippen molar-refractivity contribution in [1.29, 1.82) is 0 Å². The highest BCUT2D eigenvalue weighted by Crippen LogP contribution is 2.47. The van der Waals surface area contributed by atoms with E-state index in [2.05, 4.69) is 23.7 Å². The molecule has 2 saturated carbocycles. The number of benzene rings is 1. The Bertz CT molecular complexity index is 1150. The van der Waals surface area contributed by atoms with Gasteiger partial charge in [0.2, 0.25) is 0 Å². The van der Waals surface area contributed by atoms with E-state index in [0.29, 0.717) is 25.8 Å². The largest absolute Gasteiger partial charge is 0.550 e. The van der Waals surface area contributed by atoms with E-state index in [0.717, 1.165) is 66.7 Å². The third kappa shape index (κ3) is 7.98. The number of anilines is 1. The second-order valence-corrected chi connectivity index (χ2v) is 12.4. The topological polar surface area (TPSA) is 115 Å². The second kappa shape index (κ2) is 14.5. The Morgan fingerprint density at radius 1 is 0.976 bits per heavy atom. The van der Waals surface area contributed by atoms with Crippen molar-refractivity contribution >= 4 is 17.6 Å². The van der Waals surface area contributed by atoms with Crippen LogP contribution in [-0.4, -0.2) is 45.0 Å². The van der Waals surface area contributed by atoms with Crippen LogP contribution >= 0.6 is 0 Å². The summed E-state index contributed by atoms with van der Waals surface area (Å²) in [5.74, 6) is -1.11. The summed E-state index contributed by atoms with van der Waals surface area (Å²) in [4.78, 5) is 25.1. The van der Waals surface area contributed by atoms with Crippen LogP contribution in [0.3, 0.4) is 0 Å². The predicted molar refractivity (Wildman–Crippen MR) is 156 cm³/mol. The van der Waals surface area contributed by atoms with Gasteiger partial charge in [0.05, 0.1) is 17.8 Å². The molecule has 1 aromatic carbocycles. The van der Waals surface area contributed by atoms with E-state index in [-0.39, 0.29) is 30.1 Å². The Kier molecular flexibility index (Phi) is 11.0. The number of carbonyl (C=O) groups excluding carboxylic acids is 2. The lowest BCUT2D eigenvalue weighted by molar-refractivity contribution is -0.307. The minimum atomic E-state index is -1.35. The van der Waals surface area contributed by atoms with Crippen molar-refractivity contribution in [3.8, 4) is 0 Å². The lowest BCUT2D eigenvalue weighted by Crippen LogP contribution is -2.30. The van der Waals surface area contributed by atoms with Crippen LogP contribution in [0.5, 0.6) is 0 Å². The van der Waals surface area contributed by atoms with Gasteiger partial charge >= 0.3 is 0 Å². The molecule has 3 N–H and O–H groups in total. The van der Waals surface area contributed by atoms with Crippen LogP contribution in [0.15, 0.2) is 30.3 Å². The fraction of sp³-hybridized carbons (Fsp3) is 0.636. The number of para-hydroxylation sites is 1. The number of aromatic nitrogens is 1. The van der Waals surface area contributed by atoms with Gasteiger partial charge in [0, 0.05) is 36.0 Å². The molecule has 2 aliphatic carbocycles. The zero-order valence-electron chi connectivity index (χ0n) is 24.5. The molecular formula is C33H46FN2O5-. The minimum Gasteiger partial charge on any atom is -0.550 e. The fourth-order valence-corrected chi connectivity index (χ4v) is 7.03. The number of aliphatic hydroxyl groups is 2. The first-order valence-corrected chi connectivity index (χ1v) is 15.5. The molecule has 0 bridgehead atoms. The molecule has 0 radical (unpaired) electrons. The number of hydrogen-bond donors (Lipinski definition) is 3. The van der Waals surface area contributed by atoms with Gasteiger partial charge in [-0.15, -0.1) is 0 Å². The molecule has 41 heavy (non-hydrogen) atoms. The van der Waals surface area contributed by atoms with Gasteiger partial charge in [-0.05, 0) is 86.8 Å². The Hall–Kier alpha value is -2.71. The molecule has 4 rings (SSSR count). The summed E-state index contributed by atoms with van der Waals surface area (Å²) in [5.41, 5.74) is 4.61. The zero-order chi connectivity index (χ0) is 29.5. The van der Waals surface area contributed by atoms with E-state index in [1.165, 1.54) is 6.42 Å². The third-order valence-electron chi connectivity index (χ3n) is 8.88. The van der Waals surface area contributed by atoms with Crippen molar-refractivity contribution in [2.45, 2.75) is 134 Å². The average molecular weight is 570 g/mol. The highest BCUT2D eigenvalue weighted by Gasteiger charge is 2.37. The average Bonchev–Trinajstić information content (AvgIpc) is 3.28. The van der Waals surface area contributed by atoms with Crippen LogP contribution in [0.25, 0.3) is 0 Å². The SMILES string of the molecule is CC(C)c1c(C(=O)Nc2ccccc2)c(C2CCCCC2)c(C2CCC(F)CC2)n1CC[C@@H](O)C[C@@H](O)CC(=O)[O-]. The Morgan fingerprint density at radius 2 is 1.63 bits per heavy atom. The summed E-state index contributed by atoms with van der Waals surface area (Å²) >= 11 is 0. The summed E-state index contributed by atoms with van der Waals surface area (Å²) in [7, 11) is 0. The number of carbonyl (C=O) groups is 2. The number of aliphatic carboxylic acids is 1. The highest BCUT2D eigenvalue weighted by atomic mass is 19.1. The number of nitrogens with zero attached hydrogens (tertiary/aromatic N) is 1. The van der Waals surface area contributed by atoms with E-state index in [9.17, 15) is 29.3 Å². The van der Waals surface area contributed by atoms with Gasteiger partial charge in [-0.2, -0.15) is 0 Å². The lowest BCUT2D eigenvalue weighted by Gasteiger charge is -2.31. The van der Waals surface area contributed by atoms with Gasteiger partial charge in [0.25, 0.3) is 5.91 Å². The summed E-state index contributed by atoms with van der Waals surface area (Å²) in [6.07, 6.45) is 4.67. The van der Waals surface area contributed by atoms with Crippen LogP contribution < -0.4 is 10.4 Å². The van der Waals surface area contributed by atoms with Gasteiger partial charge < -0.3 is 30.0 Å². The molecule has 2 aromatic rings. The maximum absolute atomic E-state index is 14.3. The van der Waals surface area contributed by atoms with Gasteiger partial charge in [0.1, 0.15) is 6.17 Å². The Morgan fingerprint density at radius 3 is 2.24 bits per heavy atom. The van der Waals surface area contributed by atoms with E-state index < -0.39 is 30.8 Å². The van der Waals surface area contributed by atoms with Crippen molar-refractivity contribution in [2.24, 2.45) is 0 Å². The van der Waals surface area contributed by atoms with Gasteiger partial charge in [-0.3, -0.25) is 4.79 Å². The Labute approximate surface area is 243 Å². The molecule has 0 unspecified atom stereocenters. The van der Waals surface area contributed by atoms with E-state index in [4.69, 9.17) is 0 Å². The molecule has 0 saturated heterocycles. The van der Waals surface area contributed by atoms with Crippen LogP contribution in [0, 0.1) is 0 Å². The normalized spacial score (nSPS) is 21.5. The van der Waals surface area contributed by atoms with E-state index in [1.807, 2.05) is 30.3 Å². The molecule has 2 fully saturated rings. The molecule has 0 aliphatic heterocycles. The van der Waals surface area contributed by atoms with Gasteiger partial charge in [-0.1, -0.05) is 51.3 Å². The molecule has 1 heterocycles. The second-order valence-electron chi connectivity index (χ2n) is 12.4. The van der Waals surface area contributed by atoms with Crippen LogP contribution in [0.2, 0.25) is 0 Å². The number of alkyl halides is 1. The molecule has 0 spiro atoms. The molecule has 226 valence electrons. The standard InChI is InChI=1S/C33H47FN2O5/c1-21(2)31-30(33(41)35-25-11-7-4-8-12-25)29(22-9-5-3-6-10-22)32(23-13-15-24(34)16-14-23)36(31)18-17-26(37)19-27(38)20-28(39)40/h4,7-8,11-12,21-24,26-27,37-38H,3,5-6,9-10,13-20H2,1-2H3,(H,35,41)(H,39,40)/p-1/t23?,24?,26-,27-/m1/s1. The number of carboxylic acids is 1. The Balaban J connectivity index is 1.79. The summed E-state index contributed by atoms with van der Waals surface area (Å²) < 4.78 is 16.5. The summed E-state index contributed by atoms with van der Waals surface area (Å²) in [6.45, 7) is 4.59. The number of hydrogen-bond acceptors (Lipinski definition) is 5. The molecule has 2 atom stereocenters. The van der Waals surface area contributed by atoms with Crippen molar-refractivity contribution in [3.05, 3.63) is 52.8 Å². The summed E-state index contributed by atoms with van der Waals surface area (Å²) in [6, 6.07) is 9.45. The molecular weight excluding hydrogens is 523 g/mol. The first-order chi connectivity index (χ1) is 19.7. The third-order valence-corrected chi connectivity index (χ3v) is 8.88. The first-order valence-electron chi connectivity index (χ1n) is 15.5. The molecule has 8 heteroatoms. The minimum absolute atomic E-state index is 0.0148. The number of aliphatic hydroxyl groups excluding tert-OH is 2. The highest BCUT2D eigenvalue weighted by molar-refractivity contribution is 6.07. The van der Waals surface area contributed by atoms with Gasteiger partial charge in [-0.25, -0.2) is 4.39 Å². The van der Waals surface area contributed by atoms with Crippen LogP contribution in [0.1, 0.15) is 136 Å². The molecule has 7 nitrogen and oxygen atoms in total. The monoisotopic (exact) mass is 569 g/mol. The van der Waals surface area contributed by atoms with Crippen molar-refractivity contribution in [2.75, 3.05) is 5.32 Å². The first kappa shape index (κ1) is 31.2. The maximum Gasteiger partial charge on any atom is 0.257 e. The number of rotatable bonds is 12. The van der Waals surface area contributed by atoms with Crippen LogP contribution in [-0.2, 0) is 11.3 Å². The van der Waals surface area contributed by atoms with Crippen molar-refractivity contribution < 1.29 is 29.3 Å². The molecule has 1 amide bonds. The van der Waals surface area contributed by atoms with E-state index in [1.54, 1.807) is 0 Å². The predicted octanol–water partition coefficient (Wildman–Crippen LogP) is 5.55. The van der Waals surface area contributed by atoms with Crippen LogP contribution in [0.4, 0.5) is 10.1 Å². The van der Waals surface area contributed by atoms with Gasteiger partial charge in [0.15, 0.2) is 0 Å². The number of amides is 1. The number of carboxylic acid groups (broad SMARTS) is 1. The smallest absolute Gasteiger partial charge is 0.257 e. The quantitative estimate of drug-likeness (QED) is 0.310. The lowest BCUT2D eigenvalue weighted by atomic mass is 9.77. The van der Waals surface area contributed by atoms with Crippen molar-refractivity contribution in [1.82, 2.24) is 4.57 Å². The van der Waals surface area contributed by atoms with E-state index >= 15 is 0 Å². The number of halogens is 1. The number of nitrogens with one attached hydrogen (secondary N) is 1. The fourth-order valence-electron chi connectivity index (χ4n) is 7.03. The zero-order valence-corrected chi connectivity index (χ0v) is 24.5. The molecule has 2 aliphatic rings.